The van der Waals surface area contributed by atoms with E-state index in [4.69, 9.17) is 10.7 Å². The Kier molecular flexibility index (Phi) is 2.53. The third-order valence-corrected chi connectivity index (χ3v) is 0.379. The van der Waals surface area contributed by atoms with E-state index in [0.29, 0.717) is 0 Å². The fraction of sp³-hybridized carbons (Fsp3) is 0.250. The summed E-state index contributed by atoms with van der Waals surface area (Å²) in [6, 6.07) is 1.60. The lowest BCUT2D eigenvalue weighted by Gasteiger charge is -1.70. The summed E-state index contributed by atoms with van der Waals surface area (Å²) in [6.07, 6.45) is 1.19. The predicted octanol–water partition coefficient (Wildman–Crippen LogP) is 0.230. The van der Waals surface area contributed by atoms with Crippen molar-refractivity contribution in [2.24, 2.45) is 4.99 Å². The molecule has 36 valence electrons. The Morgan fingerprint density at radius 3 is 2.71 bits per heavy atom. The van der Waals surface area contributed by atoms with Gasteiger partial charge in [0.05, 0.1) is 6.21 Å². The van der Waals surface area contributed by atoms with E-state index in [0.717, 1.165) is 0 Å². The Bertz CT molecular complexity index is 128. The van der Waals surface area contributed by atoms with Gasteiger partial charge in [0, 0.05) is 7.05 Å². The molecule has 0 aliphatic carbocycles. The summed E-state index contributed by atoms with van der Waals surface area (Å²) >= 11 is 0. The molecule has 1 N–H and O–H groups in total. The van der Waals surface area contributed by atoms with Gasteiger partial charge in [0.15, 0.2) is 0 Å². The molecule has 3 nitrogen and oxygen atoms in total. The van der Waals surface area contributed by atoms with Crippen molar-refractivity contribution in [2.75, 3.05) is 7.05 Å². The molecule has 0 aromatic rings. The van der Waals surface area contributed by atoms with Crippen LogP contribution in [0.5, 0.6) is 0 Å². The Balaban J connectivity index is 3.66. The highest BCUT2D eigenvalue weighted by molar-refractivity contribution is 6.36. The highest BCUT2D eigenvalue weighted by Gasteiger charge is 1.78. The quantitative estimate of drug-likeness (QED) is 0.465. The van der Waals surface area contributed by atoms with E-state index >= 15 is 0 Å². The first-order valence-electron chi connectivity index (χ1n) is 1.72. The van der Waals surface area contributed by atoms with Gasteiger partial charge in [0.1, 0.15) is 11.8 Å². The van der Waals surface area contributed by atoms with Gasteiger partial charge in [-0.1, -0.05) is 0 Å². The van der Waals surface area contributed by atoms with Gasteiger partial charge in [0.2, 0.25) is 0 Å². The van der Waals surface area contributed by atoms with Crippen molar-refractivity contribution >= 4 is 11.9 Å². The van der Waals surface area contributed by atoms with Crippen LogP contribution in [0.15, 0.2) is 4.99 Å². The Morgan fingerprint density at radius 1 is 2.00 bits per heavy atom. The minimum Gasteiger partial charge on any atom is -0.294 e. The van der Waals surface area contributed by atoms with Crippen LogP contribution in [0.3, 0.4) is 0 Å². The van der Waals surface area contributed by atoms with E-state index < -0.39 is 0 Å². The summed E-state index contributed by atoms with van der Waals surface area (Å²) in [6.45, 7) is 0. The Hall–Kier alpha value is -1.17. The third-order valence-electron chi connectivity index (χ3n) is 0.379. The molecular weight excluding hydrogens is 90.1 g/mol. The van der Waals surface area contributed by atoms with Crippen molar-refractivity contribution < 1.29 is 0 Å². The van der Waals surface area contributed by atoms with Crippen LogP contribution in [0, 0.1) is 16.7 Å². The molecule has 0 aromatic heterocycles. The lowest BCUT2D eigenvalue weighted by molar-refractivity contribution is 1.46. The first-order chi connectivity index (χ1) is 3.31. The molecule has 0 fully saturated rings. The second-order valence-corrected chi connectivity index (χ2v) is 0.913. The van der Waals surface area contributed by atoms with Gasteiger partial charge >= 0.3 is 0 Å². The topological polar surface area (TPSA) is 60.0 Å². The lowest BCUT2D eigenvalue weighted by Crippen LogP contribution is -1.89. The third kappa shape index (κ3) is 2.64. The SMILES string of the molecule is C/N=C\C(=N)C#N. The van der Waals surface area contributed by atoms with Crippen LogP contribution in [0.4, 0.5) is 0 Å². The number of aliphatic imine (C=N–C) groups is 1. The van der Waals surface area contributed by atoms with Gasteiger partial charge in [-0.3, -0.25) is 10.4 Å². The molecule has 3 heteroatoms. The smallest absolute Gasteiger partial charge is 0.150 e. The molecule has 0 radical (unpaired) electrons. The van der Waals surface area contributed by atoms with Crippen LogP contribution < -0.4 is 0 Å². The number of nitriles is 1. The van der Waals surface area contributed by atoms with Gasteiger partial charge in [-0.15, -0.1) is 0 Å². The van der Waals surface area contributed by atoms with Gasteiger partial charge in [-0.05, 0) is 0 Å². The molecule has 0 amide bonds. The molecule has 7 heavy (non-hydrogen) atoms. The minimum absolute atomic E-state index is 0.109. The van der Waals surface area contributed by atoms with Crippen molar-refractivity contribution in [1.82, 2.24) is 0 Å². The number of nitrogens with zero attached hydrogens (tertiary/aromatic N) is 2. The van der Waals surface area contributed by atoms with Crippen molar-refractivity contribution in [3.05, 3.63) is 0 Å². The van der Waals surface area contributed by atoms with E-state index in [9.17, 15) is 0 Å². The summed E-state index contributed by atoms with van der Waals surface area (Å²) in [5, 5.41) is 14.5. The molecule has 0 heterocycles. The van der Waals surface area contributed by atoms with Gasteiger partial charge < -0.3 is 0 Å². The van der Waals surface area contributed by atoms with Gasteiger partial charge in [-0.2, -0.15) is 5.26 Å². The van der Waals surface area contributed by atoms with E-state index in [1.165, 1.54) is 13.3 Å². The number of hydrogen-bond acceptors (Lipinski definition) is 3. The number of rotatable bonds is 1. The molecule has 0 unspecified atom stereocenters. The van der Waals surface area contributed by atoms with Gasteiger partial charge in [-0.25, -0.2) is 0 Å². The standard InChI is InChI=1S/C4H5N3/c1-7-3-4(6)2-5/h3,6H,1H3/b6-4?,7-3-. The maximum absolute atomic E-state index is 7.90. The van der Waals surface area contributed by atoms with Crippen LogP contribution in [0.1, 0.15) is 0 Å². The zero-order chi connectivity index (χ0) is 5.70. The van der Waals surface area contributed by atoms with Crippen molar-refractivity contribution in [2.45, 2.75) is 0 Å². The largest absolute Gasteiger partial charge is 0.294 e. The summed E-state index contributed by atoms with van der Waals surface area (Å²) < 4.78 is 0. The number of nitrogens with one attached hydrogen (secondary N) is 1. The Labute approximate surface area is 41.8 Å². The molecule has 0 atom stereocenters. The maximum Gasteiger partial charge on any atom is 0.150 e. The number of hydrogen-bond donors (Lipinski definition) is 1. The molecule has 0 aliphatic rings. The molecule has 0 saturated heterocycles. The summed E-state index contributed by atoms with van der Waals surface area (Å²) in [5.41, 5.74) is -0.109. The van der Waals surface area contributed by atoms with E-state index in [1.807, 2.05) is 0 Å². The molecule has 0 rings (SSSR count). The molecule has 0 spiro atoms. The lowest BCUT2D eigenvalue weighted by atomic mass is 10.5. The van der Waals surface area contributed by atoms with Crippen LogP contribution >= 0.6 is 0 Å². The second-order valence-electron chi connectivity index (χ2n) is 0.913. The van der Waals surface area contributed by atoms with E-state index in [-0.39, 0.29) is 5.71 Å². The molecule has 0 aliphatic heterocycles. The average Bonchev–Trinajstić information content (AvgIpc) is 1.68. The molecule has 0 saturated carbocycles. The van der Waals surface area contributed by atoms with Crippen LogP contribution in [-0.4, -0.2) is 19.0 Å². The van der Waals surface area contributed by atoms with Crippen LogP contribution in [-0.2, 0) is 0 Å². The van der Waals surface area contributed by atoms with E-state index in [1.54, 1.807) is 6.07 Å². The van der Waals surface area contributed by atoms with Gasteiger partial charge in [0.25, 0.3) is 0 Å². The minimum atomic E-state index is -0.109. The summed E-state index contributed by atoms with van der Waals surface area (Å²) in [4.78, 5) is 3.43. The zero-order valence-electron chi connectivity index (χ0n) is 3.97. The molecule has 0 bridgehead atoms. The van der Waals surface area contributed by atoms with Crippen LogP contribution in [0.2, 0.25) is 0 Å². The first kappa shape index (κ1) is 5.83. The average molecular weight is 95.1 g/mol. The molecule has 0 aromatic carbocycles. The highest BCUT2D eigenvalue weighted by Crippen LogP contribution is 1.58. The summed E-state index contributed by atoms with van der Waals surface area (Å²) in [7, 11) is 1.52. The van der Waals surface area contributed by atoms with E-state index in [2.05, 4.69) is 4.99 Å². The molecular formula is C4H5N3. The maximum atomic E-state index is 7.90. The van der Waals surface area contributed by atoms with Crippen molar-refractivity contribution in [3.8, 4) is 6.07 Å². The Morgan fingerprint density at radius 2 is 2.57 bits per heavy atom. The fourth-order valence-electron chi connectivity index (χ4n) is 0.158. The highest BCUT2D eigenvalue weighted by atomic mass is 14.6. The van der Waals surface area contributed by atoms with Crippen LogP contribution in [0.25, 0.3) is 0 Å². The van der Waals surface area contributed by atoms with Crippen molar-refractivity contribution in [3.63, 3.8) is 0 Å². The summed E-state index contributed by atoms with van der Waals surface area (Å²) in [5.74, 6) is 0. The monoisotopic (exact) mass is 95.0 g/mol. The van der Waals surface area contributed by atoms with Crippen molar-refractivity contribution in [1.29, 1.82) is 10.7 Å². The normalized spacial score (nSPS) is 8.57. The zero-order valence-corrected chi connectivity index (χ0v) is 3.97. The second kappa shape index (κ2) is 3.04. The first-order valence-corrected chi connectivity index (χ1v) is 1.72. The predicted molar refractivity (Wildman–Crippen MR) is 27.8 cm³/mol. The fourth-order valence-corrected chi connectivity index (χ4v) is 0.158.